The van der Waals surface area contributed by atoms with E-state index in [1.807, 2.05) is 31.2 Å². The molecule has 2 atom stereocenters. The lowest BCUT2D eigenvalue weighted by Gasteiger charge is -2.43. The minimum Gasteiger partial charge on any atom is -0.480 e. The quantitative estimate of drug-likeness (QED) is 0.841. The average molecular weight is 290 g/mol. The number of carbonyl (C=O) groups is 3. The fourth-order valence-corrected chi connectivity index (χ4v) is 2.66. The first-order valence-electron chi connectivity index (χ1n) is 6.75. The third-order valence-electron chi connectivity index (χ3n) is 3.67. The Morgan fingerprint density at radius 3 is 2.24 bits per heavy atom. The molecule has 1 N–H and O–H groups in total. The highest BCUT2D eigenvalue weighted by atomic mass is 16.4. The monoisotopic (exact) mass is 290 g/mol. The van der Waals surface area contributed by atoms with Crippen molar-refractivity contribution in [2.24, 2.45) is 0 Å². The largest absolute Gasteiger partial charge is 0.480 e. The van der Waals surface area contributed by atoms with Crippen LogP contribution < -0.4 is 4.90 Å². The van der Waals surface area contributed by atoms with Crippen molar-refractivity contribution in [3.63, 3.8) is 0 Å². The number of benzene rings is 1. The molecular weight excluding hydrogens is 272 g/mol. The van der Waals surface area contributed by atoms with Gasteiger partial charge in [-0.2, -0.15) is 0 Å². The predicted molar refractivity (Wildman–Crippen MR) is 76.9 cm³/mol. The van der Waals surface area contributed by atoms with Gasteiger partial charge in [0, 0.05) is 5.69 Å². The van der Waals surface area contributed by atoms with Gasteiger partial charge in [-0.25, -0.2) is 0 Å². The van der Waals surface area contributed by atoms with Gasteiger partial charge in [-0.1, -0.05) is 12.1 Å². The summed E-state index contributed by atoms with van der Waals surface area (Å²) in [5.74, 6) is -2.16. The molecule has 0 saturated carbocycles. The van der Waals surface area contributed by atoms with Gasteiger partial charge in [0.1, 0.15) is 18.6 Å². The molecule has 1 heterocycles. The van der Waals surface area contributed by atoms with Gasteiger partial charge in [0.2, 0.25) is 0 Å². The number of aliphatic carboxylic acids is 1. The number of imide groups is 1. The number of nitrogens with zero attached hydrogens (tertiary/aromatic N) is 2. The van der Waals surface area contributed by atoms with E-state index in [1.165, 1.54) is 0 Å². The zero-order valence-corrected chi connectivity index (χ0v) is 12.2. The number of aryl methyl sites for hydroxylation is 1. The van der Waals surface area contributed by atoms with Crippen molar-refractivity contribution >= 4 is 23.5 Å². The molecule has 1 fully saturated rings. The molecule has 0 bridgehead atoms. The van der Waals surface area contributed by atoms with E-state index in [0.29, 0.717) is 0 Å². The zero-order chi connectivity index (χ0) is 15.7. The normalized spacial score (nSPS) is 22.6. The molecule has 2 amide bonds. The molecule has 21 heavy (non-hydrogen) atoms. The number of rotatable bonds is 3. The first-order chi connectivity index (χ1) is 9.82. The van der Waals surface area contributed by atoms with Crippen LogP contribution in [-0.2, 0) is 14.4 Å². The Hall–Kier alpha value is -2.37. The van der Waals surface area contributed by atoms with E-state index in [-0.39, 0.29) is 0 Å². The zero-order valence-electron chi connectivity index (χ0n) is 12.2. The summed E-state index contributed by atoms with van der Waals surface area (Å²) in [5.41, 5.74) is 1.81. The van der Waals surface area contributed by atoms with Gasteiger partial charge in [-0.15, -0.1) is 0 Å². The second-order valence-corrected chi connectivity index (χ2v) is 5.25. The lowest BCUT2D eigenvalue weighted by atomic mass is 10.0. The lowest BCUT2D eigenvalue weighted by molar-refractivity contribution is -0.156. The standard InChI is InChI=1S/C15H18N2O4/c1-9-5-4-6-12(7-9)17-10(2)14(20)16(8-13(18)19)15(21)11(17)3/h4-7,10-11H,8H2,1-3H3,(H,18,19). The van der Waals surface area contributed by atoms with Gasteiger partial charge in [-0.05, 0) is 38.5 Å². The van der Waals surface area contributed by atoms with Gasteiger partial charge in [-0.3, -0.25) is 19.3 Å². The van der Waals surface area contributed by atoms with Gasteiger partial charge < -0.3 is 10.0 Å². The number of hydrogen-bond donors (Lipinski definition) is 1. The van der Waals surface area contributed by atoms with E-state index >= 15 is 0 Å². The minimum absolute atomic E-state index is 0.484. The maximum Gasteiger partial charge on any atom is 0.323 e. The summed E-state index contributed by atoms with van der Waals surface area (Å²) >= 11 is 0. The number of carboxylic acid groups (broad SMARTS) is 1. The molecule has 0 spiro atoms. The van der Waals surface area contributed by atoms with E-state index in [4.69, 9.17) is 5.11 Å². The molecule has 6 heteroatoms. The summed E-state index contributed by atoms with van der Waals surface area (Å²) in [4.78, 5) is 37.9. The van der Waals surface area contributed by atoms with E-state index in [0.717, 1.165) is 16.2 Å². The molecule has 1 aliphatic heterocycles. The van der Waals surface area contributed by atoms with Crippen LogP contribution in [0.3, 0.4) is 0 Å². The van der Waals surface area contributed by atoms with Crippen molar-refractivity contribution in [2.45, 2.75) is 32.9 Å². The summed E-state index contributed by atoms with van der Waals surface area (Å²) < 4.78 is 0. The Labute approximate surface area is 123 Å². The Balaban J connectivity index is 2.36. The summed E-state index contributed by atoms with van der Waals surface area (Å²) in [7, 11) is 0. The highest BCUT2D eigenvalue weighted by Gasteiger charge is 2.43. The Morgan fingerprint density at radius 1 is 1.19 bits per heavy atom. The van der Waals surface area contributed by atoms with Crippen molar-refractivity contribution in [2.75, 3.05) is 11.4 Å². The number of carboxylic acids is 1. The first-order valence-corrected chi connectivity index (χ1v) is 6.75. The van der Waals surface area contributed by atoms with Crippen LogP contribution in [0.15, 0.2) is 24.3 Å². The van der Waals surface area contributed by atoms with Crippen molar-refractivity contribution in [1.82, 2.24) is 4.90 Å². The number of piperazine rings is 1. The lowest BCUT2D eigenvalue weighted by Crippen LogP contribution is -2.64. The molecule has 6 nitrogen and oxygen atoms in total. The van der Waals surface area contributed by atoms with Crippen LogP contribution in [0, 0.1) is 6.92 Å². The highest BCUT2D eigenvalue weighted by Crippen LogP contribution is 2.26. The fraction of sp³-hybridized carbons (Fsp3) is 0.400. The second kappa shape index (κ2) is 5.55. The first kappa shape index (κ1) is 15.0. The maximum absolute atomic E-state index is 12.3. The molecule has 1 aromatic carbocycles. The molecular formula is C15H18N2O4. The van der Waals surface area contributed by atoms with Gasteiger partial charge in [0.25, 0.3) is 11.8 Å². The Kier molecular flexibility index (Phi) is 3.97. The molecule has 2 rings (SSSR count). The van der Waals surface area contributed by atoms with E-state index < -0.39 is 36.4 Å². The summed E-state index contributed by atoms with van der Waals surface area (Å²) in [6.45, 7) is 4.71. The molecule has 0 aliphatic carbocycles. The van der Waals surface area contributed by atoms with Crippen LogP contribution in [0.4, 0.5) is 5.69 Å². The fourth-order valence-electron chi connectivity index (χ4n) is 2.66. The number of hydrogen-bond acceptors (Lipinski definition) is 4. The third kappa shape index (κ3) is 2.74. The summed E-state index contributed by atoms with van der Waals surface area (Å²) in [6, 6.07) is 6.37. The Bertz CT molecular complexity index is 577. The highest BCUT2D eigenvalue weighted by molar-refractivity contribution is 6.07. The van der Waals surface area contributed by atoms with E-state index in [2.05, 4.69) is 0 Å². The summed E-state index contributed by atoms with van der Waals surface area (Å²) in [6.07, 6.45) is 0. The molecule has 112 valence electrons. The SMILES string of the molecule is Cc1cccc(N2C(C)C(=O)N(CC(=O)O)C(=O)C2C)c1. The van der Waals surface area contributed by atoms with Crippen LogP contribution in [-0.4, -0.2) is 46.4 Å². The van der Waals surface area contributed by atoms with E-state index in [1.54, 1.807) is 18.7 Å². The van der Waals surface area contributed by atoms with Crippen LogP contribution in [0.25, 0.3) is 0 Å². The number of amides is 2. The van der Waals surface area contributed by atoms with Crippen LogP contribution >= 0.6 is 0 Å². The maximum atomic E-state index is 12.3. The van der Waals surface area contributed by atoms with Gasteiger partial charge >= 0.3 is 5.97 Å². The van der Waals surface area contributed by atoms with Crippen molar-refractivity contribution in [3.05, 3.63) is 29.8 Å². The number of anilines is 1. The van der Waals surface area contributed by atoms with Crippen LogP contribution in [0.2, 0.25) is 0 Å². The van der Waals surface area contributed by atoms with E-state index in [9.17, 15) is 14.4 Å². The topological polar surface area (TPSA) is 77.9 Å². The van der Waals surface area contributed by atoms with Crippen molar-refractivity contribution in [3.8, 4) is 0 Å². The van der Waals surface area contributed by atoms with Crippen molar-refractivity contribution in [1.29, 1.82) is 0 Å². The second-order valence-electron chi connectivity index (χ2n) is 5.25. The Morgan fingerprint density at radius 2 is 1.76 bits per heavy atom. The molecule has 2 unspecified atom stereocenters. The van der Waals surface area contributed by atoms with Gasteiger partial charge in [0.15, 0.2) is 0 Å². The summed E-state index contributed by atoms with van der Waals surface area (Å²) in [5, 5.41) is 8.83. The van der Waals surface area contributed by atoms with Crippen LogP contribution in [0.5, 0.6) is 0 Å². The molecule has 1 aromatic rings. The smallest absolute Gasteiger partial charge is 0.323 e. The average Bonchev–Trinajstić information content (AvgIpc) is 2.41. The van der Waals surface area contributed by atoms with Gasteiger partial charge in [0.05, 0.1) is 0 Å². The van der Waals surface area contributed by atoms with Crippen molar-refractivity contribution < 1.29 is 19.5 Å². The minimum atomic E-state index is -1.19. The number of carbonyl (C=O) groups excluding carboxylic acids is 2. The molecule has 1 aliphatic rings. The third-order valence-corrected chi connectivity index (χ3v) is 3.67. The molecule has 1 saturated heterocycles. The van der Waals surface area contributed by atoms with Crippen LogP contribution in [0.1, 0.15) is 19.4 Å². The molecule has 0 radical (unpaired) electrons. The molecule has 0 aromatic heterocycles. The predicted octanol–water partition coefficient (Wildman–Crippen LogP) is 1.03.